The number of hydrogen-bond donors (Lipinski definition) is 0. The van der Waals surface area contributed by atoms with Crippen molar-refractivity contribution in [2.24, 2.45) is 0 Å². The topological polar surface area (TPSA) is 61.8 Å². The zero-order valence-corrected chi connectivity index (χ0v) is 12.9. The minimum absolute atomic E-state index is 0.00725. The summed E-state index contributed by atoms with van der Waals surface area (Å²) >= 11 is 0. The van der Waals surface area contributed by atoms with Gasteiger partial charge in [0.2, 0.25) is 11.9 Å². The molecule has 5 nitrogen and oxygen atoms in total. The van der Waals surface area contributed by atoms with Crippen molar-refractivity contribution in [1.82, 2.24) is 0 Å². The number of Topliss-reactive ketones (excluding diaryl/α,β-unsaturated/α-hetero) is 1. The van der Waals surface area contributed by atoms with Crippen molar-refractivity contribution in [3.05, 3.63) is 59.9 Å². The highest BCUT2D eigenvalue weighted by Crippen LogP contribution is 2.31. The van der Waals surface area contributed by atoms with Gasteiger partial charge in [-0.25, -0.2) is 9.18 Å². The predicted molar refractivity (Wildman–Crippen MR) is 82.6 cm³/mol. The molecule has 1 aliphatic heterocycles. The number of ketones is 1. The number of esters is 1. The fourth-order valence-corrected chi connectivity index (χ4v) is 2.29. The molecular formula is C18H15FO5. The van der Waals surface area contributed by atoms with Gasteiger partial charge in [0.1, 0.15) is 12.4 Å². The van der Waals surface area contributed by atoms with Gasteiger partial charge in [0.25, 0.3) is 0 Å². The van der Waals surface area contributed by atoms with E-state index in [0.29, 0.717) is 11.5 Å². The predicted octanol–water partition coefficient (Wildman–Crippen LogP) is 2.78. The maximum atomic E-state index is 12.9. The zero-order valence-electron chi connectivity index (χ0n) is 12.9. The van der Waals surface area contributed by atoms with Crippen molar-refractivity contribution < 1.29 is 28.2 Å². The number of carbonyl (C=O) groups excluding carboxylic acids is 2. The van der Waals surface area contributed by atoms with E-state index < -0.39 is 29.8 Å². The van der Waals surface area contributed by atoms with E-state index in [9.17, 15) is 14.0 Å². The highest BCUT2D eigenvalue weighted by Gasteiger charge is 2.31. The van der Waals surface area contributed by atoms with Crippen molar-refractivity contribution in [3.8, 4) is 11.5 Å². The molecule has 1 heterocycles. The summed E-state index contributed by atoms with van der Waals surface area (Å²) in [5, 5.41) is 0. The number of para-hydroxylation sites is 2. The summed E-state index contributed by atoms with van der Waals surface area (Å²) in [5.74, 6) is -0.546. The number of rotatable bonds is 4. The molecule has 0 N–H and O–H groups in total. The van der Waals surface area contributed by atoms with Crippen molar-refractivity contribution in [2.45, 2.75) is 19.1 Å². The van der Waals surface area contributed by atoms with E-state index in [0.717, 1.165) is 0 Å². The Kier molecular flexibility index (Phi) is 4.46. The average Bonchev–Trinajstić information content (AvgIpc) is 2.61. The Morgan fingerprint density at radius 3 is 2.50 bits per heavy atom. The summed E-state index contributed by atoms with van der Waals surface area (Å²) in [4.78, 5) is 24.4. The van der Waals surface area contributed by atoms with Crippen LogP contribution in [0.15, 0.2) is 48.5 Å². The fourth-order valence-electron chi connectivity index (χ4n) is 2.29. The number of fused-ring (bicyclic) bond motifs is 1. The van der Waals surface area contributed by atoms with E-state index in [4.69, 9.17) is 14.2 Å². The lowest BCUT2D eigenvalue weighted by Gasteiger charge is -2.25. The lowest BCUT2D eigenvalue weighted by atomic mass is 10.1. The maximum absolute atomic E-state index is 12.9. The van der Waals surface area contributed by atoms with Gasteiger partial charge < -0.3 is 14.2 Å². The Labute approximate surface area is 138 Å². The standard InChI is InChI=1S/C18H15FO5/c1-11(17(20)12-6-8-13(19)9-7-12)23-18(21)16-10-22-14-4-2-3-5-15(14)24-16/h2-9,11,16H,10H2,1H3/t11-,16-/m1/s1. The van der Waals surface area contributed by atoms with E-state index in [2.05, 4.69) is 0 Å². The van der Waals surface area contributed by atoms with Crippen LogP contribution >= 0.6 is 0 Å². The van der Waals surface area contributed by atoms with Crippen LogP contribution in [-0.4, -0.2) is 30.6 Å². The van der Waals surface area contributed by atoms with E-state index in [1.54, 1.807) is 24.3 Å². The van der Waals surface area contributed by atoms with Crippen LogP contribution in [-0.2, 0) is 9.53 Å². The molecule has 0 unspecified atom stereocenters. The first-order valence-corrected chi connectivity index (χ1v) is 7.43. The van der Waals surface area contributed by atoms with Crippen LogP contribution in [0.25, 0.3) is 0 Å². The van der Waals surface area contributed by atoms with Crippen LogP contribution in [0.4, 0.5) is 4.39 Å². The zero-order chi connectivity index (χ0) is 17.1. The summed E-state index contributed by atoms with van der Waals surface area (Å²) in [6.07, 6.45) is -1.95. The monoisotopic (exact) mass is 330 g/mol. The van der Waals surface area contributed by atoms with Gasteiger partial charge in [-0.1, -0.05) is 12.1 Å². The average molecular weight is 330 g/mol. The molecule has 0 amide bonds. The van der Waals surface area contributed by atoms with Crippen molar-refractivity contribution >= 4 is 11.8 Å². The summed E-state index contributed by atoms with van der Waals surface area (Å²) in [6, 6.07) is 12.0. The van der Waals surface area contributed by atoms with Gasteiger partial charge in [-0.3, -0.25) is 4.79 Å². The van der Waals surface area contributed by atoms with Crippen LogP contribution in [0.2, 0.25) is 0 Å². The van der Waals surface area contributed by atoms with Gasteiger partial charge >= 0.3 is 5.97 Å². The Bertz CT molecular complexity index is 756. The summed E-state index contributed by atoms with van der Waals surface area (Å²) in [5.41, 5.74) is 0.267. The Balaban J connectivity index is 1.62. The molecule has 0 aliphatic carbocycles. The molecule has 124 valence electrons. The molecule has 24 heavy (non-hydrogen) atoms. The molecule has 0 saturated carbocycles. The van der Waals surface area contributed by atoms with Gasteiger partial charge in [0.05, 0.1) is 0 Å². The van der Waals surface area contributed by atoms with Crippen LogP contribution in [0.1, 0.15) is 17.3 Å². The maximum Gasteiger partial charge on any atom is 0.351 e. The first-order valence-electron chi connectivity index (χ1n) is 7.43. The summed E-state index contributed by atoms with van der Waals surface area (Å²) < 4.78 is 29.0. The van der Waals surface area contributed by atoms with Gasteiger partial charge in [0, 0.05) is 5.56 Å². The number of hydrogen-bond acceptors (Lipinski definition) is 5. The van der Waals surface area contributed by atoms with E-state index >= 15 is 0 Å². The number of carbonyl (C=O) groups is 2. The second-order valence-corrected chi connectivity index (χ2v) is 5.31. The highest BCUT2D eigenvalue weighted by atomic mass is 19.1. The van der Waals surface area contributed by atoms with Crippen LogP contribution in [0.5, 0.6) is 11.5 Å². The SMILES string of the molecule is C[C@@H](OC(=O)[C@H]1COc2ccccc2O1)C(=O)c1ccc(F)cc1. The number of halogens is 1. The van der Waals surface area contributed by atoms with Crippen molar-refractivity contribution in [2.75, 3.05) is 6.61 Å². The number of ether oxygens (including phenoxy) is 3. The van der Waals surface area contributed by atoms with Crippen LogP contribution < -0.4 is 9.47 Å². The molecular weight excluding hydrogens is 315 g/mol. The molecule has 0 radical (unpaired) electrons. The fraction of sp³-hybridized carbons (Fsp3) is 0.222. The smallest absolute Gasteiger partial charge is 0.351 e. The van der Waals surface area contributed by atoms with E-state index in [-0.39, 0.29) is 12.2 Å². The van der Waals surface area contributed by atoms with Gasteiger partial charge in [0.15, 0.2) is 17.6 Å². The molecule has 1 aliphatic rings. The molecule has 3 rings (SSSR count). The highest BCUT2D eigenvalue weighted by molar-refractivity contribution is 6.00. The molecule has 2 aromatic rings. The molecule has 0 spiro atoms. The summed E-state index contributed by atoms with van der Waals surface area (Å²) in [7, 11) is 0. The largest absolute Gasteiger partial charge is 0.485 e. The molecule has 2 atom stereocenters. The summed E-state index contributed by atoms with van der Waals surface area (Å²) in [6.45, 7) is 1.47. The van der Waals surface area contributed by atoms with Gasteiger partial charge in [-0.15, -0.1) is 0 Å². The third kappa shape index (κ3) is 3.37. The Morgan fingerprint density at radius 2 is 1.79 bits per heavy atom. The van der Waals surface area contributed by atoms with Crippen LogP contribution in [0.3, 0.4) is 0 Å². The van der Waals surface area contributed by atoms with Crippen molar-refractivity contribution in [1.29, 1.82) is 0 Å². The lowest BCUT2D eigenvalue weighted by Crippen LogP contribution is -2.40. The van der Waals surface area contributed by atoms with E-state index in [1.165, 1.54) is 31.2 Å². The second-order valence-electron chi connectivity index (χ2n) is 5.31. The molecule has 0 aromatic heterocycles. The quantitative estimate of drug-likeness (QED) is 0.637. The third-order valence-electron chi connectivity index (χ3n) is 3.56. The first-order chi connectivity index (χ1) is 11.5. The minimum Gasteiger partial charge on any atom is -0.485 e. The Morgan fingerprint density at radius 1 is 1.12 bits per heavy atom. The van der Waals surface area contributed by atoms with Gasteiger partial charge in [-0.05, 0) is 43.3 Å². The van der Waals surface area contributed by atoms with Crippen molar-refractivity contribution in [3.63, 3.8) is 0 Å². The Hall–Kier alpha value is -2.89. The van der Waals surface area contributed by atoms with Gasteiger partial charge in [-0.2, -0.15) is 0 Å². The normalized spacial score (nSPS) is 17.0. The molecule has 0 bridgehead atoms. The molecule has 0 fully saturated rings. The first kappa shape index (κ1) is 16.0. The lowest BCUT2D eigenvalue weighted by molar-refractivity contribution is -0.157. The molecule has 2 aromatic carbocycles. The van der Waals surface area contributed by atoms with Crippen LogP contribution in [0, 0.1) is 5.82 Å². The molecule has 6 heteroatoms. The minimum atomic E-state index is -1.01. The molecule has 0 saturated heterocycles. The number of benzene rings is 2. The second kappa shape index (κ2) is 6.70. The third-order valence-corrected chi connectivity index (χ3v) is 3.56. The van der Waals surface area contributed by atoms with E-state index in [1.807, 2.05) is 0 Å².